The number of anilines is 1. The fraction of sp³-hybridized carbons (Fsp3) is 0.455. The highest BCUT2D eigenvalue weighted by Gasteiger charge is 2.19. The molecule has 7 nitrogen and oxygen atoms in total. The zero-order valence-corrected chi connectivity index (χ0v) is 12.6. The topological polar surface area (TPSA) is 98.5 Å². The standard InChI is InChI=1S/C11H15ClN2O5S/c1-8(6-12)7-20(17,18)13-10-4-3-9(14(15)16)5-11(10)19-2/h3-5,8,13H,6-7H2,1-2H3. The Labute approximate surface area is 122 Å². The van der Waals surface area contributed by atoms with Crippen LogP contribution >= 0.6 is 11.6 Å². The van der Waals surface area contributed by atoms with E-state index in [0.29, 0.717) is 0 Å². The van der Waals surface area contributed by atoms with Gasteiger partial charge in [-0.1, -0.05) is 6.92 Å². The van der Waals surface area contributed by atoms with E-state index in [4.69, 9.17) is 16.3 Å². The Morgan fingerprint density at radius 3 is 2.65 bits per heavy atom. The second kappa shape index (κ2) is 6.76. The average molecular weight is 323 g/mol. The molecule has 0 aliphatic heterocycles. The second-order valence-corrected chi connectivity index (χ2v) is 6.36. The van der Waals surface area contributed by atoms with Crippen LogP contribution in [0, 0.1) is 16.0 Å². The number of hydrogen-bond donors (Lipinski definition) is 1. The summed E-state index contributed by atoms with van der Waals surface area (Å²) in [6.45, 7) is 1.71. The first-order chi connectivity index (χ1) is 9.29. The minimum absolute atomic E-state index is 0.0845. The van der Waals surface area contributed by atoms with E-state index in [-0.39, 0.29) is 34.7 Å². The summed E-state index contributed by atoms with van der Waals surface area (Å²) in [7, 11) is -2.29. The molecule has 0 spiro atoms. The van der Waals surface area contributed by atoms with Crippen molar-refractivity contribution in [1.29, 1.82) is 0 Å². The van der Waals surface area contributed by atoms with Crippen LogP contribution < -0.4 is 9.46 Å². The van der Waals surface area contributed by atoms with Crippen molar-refractivity contribution >= 4 is 33.0 Å². The number of methoxy groups -OCH3 is 1. The first kappa shape index (κ1) is 16.5. The Morgan fingerprint density at radius 1 is 1.50 bits per heavy atom. The second-order valence-electron chi connectivity index (χ2n) is 4.28. The van der Waals surface area contributed by atoms with Crippen LogP contribution in [0.3, 0.4) is 0 Å². The predicted molar refractivity (Wildman–Crippen MR) is 76.9 cm³/mol. The molecule has 1 rings (SSSR count). The molecule has 0 heterocycles. The highest BCUT2D eigenvalue weighted by molar-refractivity contribution is 7.92. The Kier molecular flexibility index (Phi) is 5.58. The quantitative estimate of drug-likeness (QED) is 0.471. The first-order valence-corrected chi connectivity index (χ1v) is 7.86. The number of nitrogens with zero attached hydrogens (tertiary/aromatic N) is 1. The number of nitro benzene ring substituents is 1. The summed E-state index contributed by atoms with van der Waals surface area (Å²) < 4.78 is 31.1. The summed E-state index contributed by atoms with van der Waals surface area (Å²) in [5, 5.41) is 10.6. The third-order valence-corrected chi connectivity index (χ3v) is 4.49. The molecule has 1 atom stereocenters. The summed E-state index contributed by atoms with van der Waals surface area (Å²) in [6, 6.07) is 3.65. The molecule has 1 N–H and O–H groups in total. The van der Waals surface area contributed by atoms with E-state index in [2.05, 4.69) is 4.72 Å². The van der Waals surface area contributed by atoms with Crippen LogP contribution in [0.25, 0.3) is 0 Å². The summed E-state index contributed by atoms with van der Waals surface area (Å²) in [4.78, 5) is 10.1. The Balaban J connectivity index is 3.00. The smallest absolute Gasteiger partial charge is 0.273 e. The Morgan fingerprint density at radius 2 is 2.15 bits per heavy atom. The van der Waals surface area contributed by atoms with E-state index in [0.717, 1.165) is 6.07 Å². The Hall–Kier alpha value is -1.54. The predicted octanol–water partition coefficient (Wildman–Crippen LogP) is 2.22. The van der Waals surface area contributed by atoms with Crippen molar-refractivity contribution in [1.82, 2.24) is 0 Å². The van der Waals surface area contributed by atoms with Gasteiger partial charge in [0.25, 0.3) is 5.69 Å². The molecule has 1 unspecified atom stereocenters. The van der Waals surface area contributed by atoms with Crippen LogP contribution in [0.5, 0.6) is 5.75 Å². The lowest BCUT2D eigenvalue weighted by molar-refractivity contribution is -0.384. The van der Waals surface area contributed by atoms with Crippen LogP contribution in [0.1, 0.15) is 6.92 Å². The molecule has 9 heteroatoms. The van der Waals surface area contributed by atoms with Gasteiger partial charge in [-0.15, -0.1) is 11.6 Å². The number of nitrogens with one attached hydrogen (secondary N) is 1. The molecule has 112 valence electrons. The molecular weight excluding hydrogens is 308 g/mol. The monoisotopic (exact) mass is 322 g/mol. The van der Waals surface area contributed by atoms with Crippen molar-refractivity contribution in [2.24, 2.45) is 5.92 Å². The maximum absolute atomic E-state index is 11.9. The van der Waals surface area contributed by atoms with Crippen molar-refractivity contribution in [2.45, 2.75) is 6.92 Å². The molecule has 1 aromatic carbocycles. The lowest BCUT2D eigenvalue weighted by atomic mass is 10.2. The van der Waals surface area contributed by atoms with Gasteiger partial charge in [0, 0.05) is 11.9 Å². The van der Waals surface area contributed by atoms with Crippen molar-refractivity contribution < 1.29 is 18.1 Å². The van der Waals surface area contributed by atoms with Crippen LogP contribution in [0.4, 0.5) is 11.4 Å². The number of rotatable bonds is 7. The summed E-state index contributed by atoms with van der Waals surface area (Å²) in [5.74, 6) is -0.0471. The minimum atomic E-state index is -3.60. The molecule has 0 radical (unpaired) electrons. The molecule has 1 aromatic rings. The molecule has 0 aromatic heterocycles. The van der Waals surface area contributed by atoms with Gasteiger partial charge in [0.15, 0.2) is 0 Å². The molecule has 0 aliphatic carbocycles. The number of nitro groups is 1. The maximum Gasteiger partial charge on any atom is 0.273 e. The largest absolute Gasteiger partial charge is 0.494 e. The van der Waals surface area contributed by atoms with Gasteiger partial charge < -0.3 is 4.74 Å². The third kappa shape index (κ3) is 4.53. The molecule has 0 bridgehead atoms. The fourth-order valence-corrected chi connectivity index (χ4v) is 3.20. The number of halogens is 1. The van der Waals surface area contributed by atoms with Crippen LogP contribution in [0.2, 0.25) is 0 Å². The normalized spacial score (nSPS) is 12.8. The number of sulfonamides is 1. The SMILES string of the molecule is COc1cc([N+](=O)[O-])ccc1NS(=O)(=O)CC(C)CCl. The number of alkyl halides is 1. The third-order valence-electron chi connectivity index (χ3n) is 2.43. The molecule has 20 heavy (non-hydrogen) atoms. The molecular formula is C11H15ClN2O5S. The van der Waals surface area contributed by atoms with Crippen LogP contribution in [-0.2, 0) is 10.0 Å². The van der Waals surface area contributed by atoms with E-state index >= 15 is 0 Å². The molecule has 0 aliphatic rings. The zero-order valence-electron chi connectivity index (χ0n) is 11.0. The molecule has 0 saturated carbocycles. The lowest BCUT2D eigenvalue weighted by Crippen LogP contribution is -2.22. The summed E-state index contributed by atoms with van der Waals surface area (Å²) in [6.07, 6.45) is 0. The number of hydrogen-bond acceptors (Lipinski definition) is 5. The van der Waals surface area contributed by atoms with Crippen molar-refractivity contribution in [3.05, 3.63) is 28.3 Å². The average Bonchev–Trinajstić information content (AvgIpc) is 2.37. The first-order valence-electron chi connectivity index (χ1n) is 5.68. The van der Waals surface area contributed by atoms with E-state index in [1.165, 1.54) is 19.2 Å². The van der Waals surface area contributed by atoms with Gasteiger partial charge in [-0.3, -0.25) is 14.8 Å². The van der Waals surface area contributed by atoms with E-state index in [1.54, 1.807) is 6.92 Å². The van der Waals surface area contributed by atoms with Gasteiger partial charge in [-0.2, -0.15) is 0 Å². The summed E-state index contributed by atoms with van der Waals surface area (Å²) in [5.41, 5.74) is -0.0289. The maximum atomic E-state index is 11.9. The number of non-ortho nitro benzene ring substituents is 1. The number of benzene rings is 1. The van der Waals surface area contributed by atoms with E-state index in [9.17, 15) is 18.5 Å². The summed E-state index contributed by atoms with van der Waals surface area (Å²) >= 11 is 5.58. The van der Waals surface area contributed by atoms with Gasteiger partial charge in [0.2, 0.25) is 10.0 Å². The van der Waals surface area contributed by atoms with Crippen LogP contribution in [0.15, 0.2) is 18.2 Å². The minimum Gasteiger partial charge on any atom is -0.494 e. The highest BCUT2D eigenvalue weighted by atomic mass is 35.5. The molecule has 0 saturated heterocycles. The fourth-order valence-electron chi connectivity index (χ4n) is 1.51. The lowest BCUT2D eigenvalue weighted by Gasteiger charge is -2.13. The highest BCUT2D eigenvalue weighted by Crippen LogP contribution is 2.29. The molecule has 0 amide bonds. The van der Waals surface area contributed by atoms with Gasteiger partial charge in [0.1, 0.15) is 5.75 Å². The van der Waals surface area contributed by atoms with Gasteiger partial charge in [-0.25, -0.2) is 8.42 Å². The zero-order chi connectivity index (χ0) is 15.3. The van der Waals surface area contributed by atoms with Crippen molar-refractivity contribution in [3.8, 4) is 5.75 Å². The van der Waals surface area contributed by atoms with Crippen molar-refractivity contribution in [2.75, 3.05) is 23.5 Å². The molecule has 0 fully saturated rings. The van der Waals surface area contributed by atoms with Crippen molar-refractivity contribution in [3.63, 3.8) is 0 Å². The van der Waals surface area contributed by atoms with Gasteiger partial charge in [-0.05, 0) is 12.0 Å². The van der Waals surface area contributed by atoms with E-state index in [1.807, 2.05) is 0 Å². The van der Waals surface area contributed by atoms with Gasteiger partial charge >= 0.3 is 0 Å². The van der Waals surface area contributed by atoms with Crippen LogP contribution in [-0.4, -0.2) is 32.1 Å². The van der Waals surface area contributed by atoms with Gasteiger partial charge in [0.05, 0.1) is 29.5 Å². The van der Waals surface area contributed by atoms with E-state index < -0.39 is 14.9 Å². The Bertz CT molecular complexity index is 590. The number of ether oxygens (including phenoxy) is 1.